The molecule has 0 unspecified atom stereocenters. The van der Waals surface area contributed by atoms with Crippen LogP contribution < -0.4 is 15.0 Å². The van der Waals surface area contributed by atoms with Crippen molar-refractivity contribution in [1.29, 1.82) is 0 Å². The second kappa shape index (κ2) is 8.54. The third-order valence-corrected chi connectivity index (χ3v) is 4.85. The van der Waals surface area contributed by atoms with Crippen molar-refractivity contribution >= 4 is 29.0 Å². The van der Waals surface area contributed by atoms with Crippen molar-refractivity contribution in [2.24, 2.45) is 0 Å². The number of rotatable bonds is 5. The summed E-state index contributed by atoms with van der Waals surface area (Å²) in [6, 6.07) is 6.80. The second-order valence-corrected chi connectivity index (χ2v) is 6.82. The van der Waals surface area contributed by atoms with Gasteiger partial charge in [-0.05, 0) is 31.7 Å². The molecule has 8 heteroatoms. The lowest BCUT2D eigenvalue weighted by Gasteiger charge is -2.34. The summed E-state index contributed by atoms with van der Waals surface area (Å²) in [6.07, 6.45) is 0. The lowest BCUT2D eigenvalue weighted by Crippen LogP contribution is -2.46. The zero-order chi connectivity index (χ0) is 19.4. The Morgan fingerprint density at radius 3 is 2.63 bits per heavy atom. The Morgan fingerprint density at radius 2 is 1.96 bits per heavy atom. The number of methoxy groups -OCH3 is 1. The van der Waals surface area contributed by atoms with E-state index < -0.39 is 0 Å². The predicted octanol–water partition coefficient (Wildman–Crippen LogP) is 2.84. The molecule has 1 aliphatic heterocycles. The van der Waals surface area contributed by atoms with Crippen LogP contribution in [0, 0.1) is 6.92 Å². The van der Waals surface area contributed by atoms with Crippen LogP contribution in [0.3, 0.4) is 0 Å². The van der Waals surface area contributed by atoms with Crippen LogP contribution in [0.25, 0.3) is 0 Å². The number of anilines is 2. The van der Waals surface area contributed by atoms with Crippen molar-refractivity contribution in [2.45, 2.75) is 13.8 Å². The Balaban J connectivity index is 1.80. The average Bonchev–Trinajstić information content (AvgIpc) is 2.67. The highest BCUT2D eigenvalue weighted by atomic mass is 35.5. The third-order valence-electron chi connectivity index (χ3n) is 4.61. The Morgan fingerprint density at radius 1 is 1.22 bits per heavy atom. The molecule has 1 saturated heterocycles. The molecule has 1 aliphatic rings. The quantitative estimate of drug-likeness (QED) is 0.847. The topological polar surface area (TPSA) is 70.6 Å². The van der Waals surface area contributed by atoms with Gasteiger partial charge in [0.1, 0.15) is 23.1 Å². The first-order valence-corrected chi connectivity index (χ1v) is 9.36. The molecule has 0 aliphatic carbocycles. The summed E-state index contributed by atoms with van der Waals surface area (Å²) >= 11 is 6.04. The van der Waals surface area contributed by atoms with Gasteiger partial charge in [-0.15, -0.1) is 0 Å². The highest BCUT2D eigenvalue weighted by Gasteiger charge is 2.20. The number of likely N-dealkylation sites (N-methyl/N-ethyl adjacent to an activating group) is 1. The Kier molecular flexibility index (Phi) is 6.13. The maximum absolute atomic E-state index is 12.8. The number of halogens is 1. The van der Waals surface area contributed by atoms with Crippen LogP contribution in [-0.2, 0) is 0 Å². The molecule has 2 heterocycles. The fourth-order valence-electron chi connectivity index (χ4n) is 3.09. The van der Waals surface area contributed by atoms with Gasteiger partial charge in [0, 0.05) is 37.3 Å². The lowest BCUT2D eigenvalue weighted by atomic mass is 10.2. The van der Waals surface area contributed by atoms with E-state index in [-0.39, 0.29) is 5.91 Å². The summed E-state index contributed by atoms with van der Waals surface area (Å²) in [4.78, 5) is 26.2. The van der Waals surface area contributed by atoms with Crippen LogP contribution in [0.2, 0.25) is 5.02 Å². The number of carbonyl (C=O) groups is 1. The minimum atomic E-state index is -0.325. The first kappa shape index (κ1) is 19.4. The number of ether oxygens (including phenoxy) is 1. The summed E-state index contributed by atoms with van der Waals surface area (Å²) in [7, 11) is 1.54. The van der Waals surface area contributed by atoms with E-state index in [1.165, 1.54) is 0 Å². The molecule has 1 fully saturated rings. The molecule has 3 rings (SSSR count). The molecular weight excluding hydrogens is 366 g/mol. The van der Waals surface area contributed by atoms with Gasteiger partial charge in [0.15, 0.2) is 0 Å². The van der Waals surface area contributed by atoms with Gasteiger partial charge < -0.3 is 19.9 Å². The van der Waals surface area contributed by atoms with Crippen molar-refractivity contribution in [1.82, 2.24) is 14.9 Å². The molecule has 0 saturated carbocycles. The standard InChI is InChI=1S/C19H24ClN5O2/c1-4-24-7-9-25(10-8-24)18-12-16(21-13(2)22-18)19(26)23-15-11-14(20)5-6-17(15)27-3/h5-6,11-12H,4,7-10H2,1-3H3,(H,23,26). The molecule has 2 aromatic rings. The number of nitrogens with zero attached hydrogens (tertiary/aromatic N) is 4. The highest BCUT2D eigenvalue weighted by Crippen LogP contribution is 2.28. The Bertz CT molecular complexity index is 822. The van der Waals surface area contributed by atoms with E-state index in [9.17, 15) is 4.79 Å². The van der Waals surface area contributed by atoms with E-state index in [2.05, 4.69) is 32.0 Å². The molecule has 144 valence electrons. The number of hydrogen-bond donors (Lipinski definition) is 1. The number of amides is 1. The number of carbonyl (C=O) groups excluding carboxylic acids is 1. The van der Waals surface area contributed by atoms with Crippen molar-refractivity contribution in [2.75, 3.05) is 50.1 Å². The first-order valence-electron chi connectivity index (χ1n) is 8.98. The normalized spacial score (nSPS) is 14.9. The molecule has 1 amide bonds. The molecule has 0 bridgehead atoms. The van der Waals surface area contributed by atoms with Gasteiger partial charge in [0.25, 0.3) is 5.91 Å². The maximum Gasteiger partial charge on any atom is 0.274 e. The van der Waals surface area contributed by atoms with Crippen molar-refractivity contribution in [3.63, 3.8) is 0 Å². The summed E-state index contributed by atoms with van der Waals surface area (Å²) in [5, 5.41) is 3.34. The van der Waals surface area contributed by atoms with Crippen LogP contribution in [0.1, 0.15) is 23.2 Å². The van der Waals surface area contributed by atoms with E-state index in [4.69, 9.17) is 16.3 Å². The number of nitrogens with one attached hydrogen (secondary N) is 1. The van der Waals surface area contributed by atoms with E-state index in [1.807, 2.05) is 0 Å². The molecule has 27 heavy (non-hydrogen) atoms. The first-order chi connectivity index (χ1) is 13.0. The molecule has 7 nitrogen and oxygen atoms in total. The van der Waals surface area contributed by atoms with Crippen molar-refractivity contribution in [3.05, 3.63) is 40.8 Å². The minimum Gasteiger partial charge on any atom is -0.495 e. The number of hydrogen-bond acceptors (Lipinski definition) is 6. The number of piperazine rings is 1. The molecule has 1 aromatic heterocycles. The third kappa shape index (κ3) is 4.67. The number of aromatic nitrogens is 2. The highest BCUT2D eigenvalue weighted by molar-refractivity contribution is 6.31. The van der Waals surface area contributed by atoms with Crippen LogP contribution in [-0.4, -0.2) is 60.6 Å². The van der Waals surface area contributed by atoms with Gasteiger partial charge in [0.05, 0.1) is 12.8 Å². The molecule has 0 spiro atoms. The maximum atomic E-state index is 12.8. The molecule has 0 atom stereocenters. The fourth-order valence-corrected chi connectivity index (χ4v) is 3.26. The average molecular weight is 390 g/mol. The summed E-state index contributed by atoms with van der Waals surface area (Å²) in [6.45, 7) is 8.74. The summed E-state index contributed by atoms with van der Waals surface area (Å²) < 4.78 is 5.28. The van der Waals surface area contributed by atoms with Crippen molar-refractivity contribution < 1.29 is 9.53 Å². The van der Waals surface area contributed by atoms with Crippen LogP contribution in [0.15, 0.2) is 24.3 Å². The van der Waals surface area contributed by atoms with Crippen LogP contribution >= 0.6 is 11.6 Å². The van der Waals surface area contributed by atoms with Gasteiger partial charge in [0.2, 0.25) is 0 Å². The minimum absolute atomic E-state index is 0.317. The van der Waals surface area contributed by atoms with E-state index >= 15 is 0 Å². The Labute approximate surface area is 164 Å². The van der Waals surface area contributed by atoms with Gasteiger partial charge >= 0.3 is 0 Å². The summed E-state index contributed by atoms with van der Waals surface area (Å²) in [5.74, 6) is 1.55. The molecule has 1 aromatic carbocycles. The molecule has 0 radical (unpaired) electrons. The van der Waals surface area contributed by atoms with Crippen LogP contribution in [0.4, 0.5) is 11.5 Å². The molecule has 1 N–H and O–H groups in total. The van der Waals surface area contributed by atoms with Crippen LogP contribution in [0.5, 0.6) is 5.75 Å². The van der Waals surface area contributed by atoms with E-state index in [1.54, 1.807) is 38.3 Å². The van der Waals surface area contributed by atoms with Gasteiger partial charge in [-0.25, -0.2) is 9.97 Å². The smallest absolute Gasteiger partial charge is 0.274 e. The zero-order valence-electron chi connectivity index (χ0n) is 15.8. The zero-order valence-corrected chi connectivity index (χ0v) is 16.6. The monoisotopic (exact) mass is 389 g/mol. The molecular formula is C19H24ClN5O2. The van der Waals surface area contributed by atoms with Gasteiger partial charge in [-0.3, -0.25) is 4.79 Å². The largest absolute Gasteiger partial charge is 0.495 e. The fraction of sp³-hybridized carbons (Fsp3) is 0.421. The van der Waals surface area contributed by atoms with Gasteiger partial charge in [-0.2, -0.15) is 0 Å². The van der Waals surface area contributed by atoms with E-state index in [0.717, 1.165) is 38.5 Å². The Hall–Kier alpha value is -2.38. The predicted molar refractivity (Wildman–Crippen MR) is 107 cm³/mol. The van der Waals surface area contributed by atoms with Gasteiger partial charge in [-0.1, -0.05) is 18.5 Å². The SMILES string of the molecule is CCN1CCN(c2cc(C(=O)Nc3cc(Cl)ccc3OC)nc(C)n2)CC1. The summed E-state index contributed by atoms with van der Waals surface area (Å²) in [5.41, 5.74) is 0.821. The van der Waals surface area contributed by atoms with Crippen molar-refractivity contribution in [3.8, 4) is 5.75 Å². The number of aryl methyl sites for hydroxylation is 1. The number of benzene rings is 1. The van der Waals surface area contributed by atoms with E-state index in [0.29, 0.717) is 28.0 Å². The lowest BCUT2D eigenvalue weighted by molar-refractivity contribution is 0.102. The second-order valence-electron chi connectivity index (χ2n) is 6.38.